The summed E-state index contributed by atoms with van der Waals surface area (Å²) in [5, 5.41) is 0. The minimum atomic E-state index is 0.732. The molecule has 0 atom stereocenters. The number of aromatic amines is 1. The van der Waals surface area contributed by atoms with Crippen LogP contribution in [0.15, 0.2) is 36.7 Å². The lowest BCUT2D eigenvalue weighted by Crippen LogP contribution is -2.33. The molecule has 1 fully saturated rings. The maximum absolute atomic E-state index is 5.50. The minimum Gasteiger partial charge on any atom is -0.494 e. The van der Waals surface area contributed by atoms with Crippen molar-refractivity contribution in [2.75, 3.05) is 19.7 Å². The van der Waals surface area contributed by atoms with Crippen LogP contribution in [0.2, 0.25) is 0 Å². The van der Waals surface area contributed by atoms with Crippen molar-refractivity contribution in [1.82, 2.24) is 14.9 Å². The summed E-state index contributed by atoms with van der Waals surface area (Å²) in [5.41, 5.74) is 1.42. The molecule has 23 heavy (non-hydrogen) atoms. The summed E-state index contributed by atoms with van der Waals surface area (Å²) in [6.07, 6.45) is 8.81. The molecule has 124 valence electrons. The first-order chi connectivity index (χ1) is 11.3. The summed E-state index contributed by atoms with van der Waals surface area (Å²) in [5.74, 6) is 2.91. The van der Waals surface area contributed by atoms with Crippen LogP contribution in [0.25, 0.3) is 0 Å². The van der Waals surface area contributed by atoms with E-state index in [0.717, 1.165) is 30.6 Å². The van der Waals surface area contributed by atoms with Crippen LogP contribution in [0.3, 0.4) is 0 Å². The summed E-state index contributed by atoms with van der Waals surface area (Å²) in [7, 11) is 0. The van der Waals surface area contributed by atoms with E-state index in [1.165, 1.54) is 44.3 Å². The summed E-state index contributed by atoms with van der Waals surface area (Å²) in [6, 6.07) is 8.59. The third-order valence-electron chi connectivity index (χ3n) is 4.71. The van der Waals surface area contributed by atoms with E-state index in [2.05, 4.69) is 39.1 Å². The second-order valence-electron chi connectivity index (χ2n) is 6.37. The number of aromatic nitrogens is 2. The molecule has 4 nitrogen and oxygen atoms in total. The van der Waals surface area contributed by atoms with E-state index in [9.17, 15) is 0 Å². The highest BCUT2D eigenvalue weighted by Gasteiger charge is 2.19. The highest BCUT2D eigenvalue weighted by atomic mass is 16.5. The number of imidazole rings is 1. The van der Waals surface area contributed by atoms with Crippen molar-refractivity contribution < 1.29 is 4.74 Å². The van der Waals surface area contributed by atoms with E-state index >= 15 is 0 Å². The van der Waals surface area contributed by atoms with Gasteiger partial charge in [0.05, 0.1) is 13.2 Å². The van der Waals surface area contributed by atoms with Crippen molar-refractivity contribution in [3.05, 3.63) is 48.0 Å². The summed E-state index contributed by atoms with van der Waals surface area (Å²) in [4.78, 5) is 10.0. The molecule has 1 saturated heterocycles. The Morgan fingerprint density at radius 3 is 2.65 bits per heavy atom. The fraction of sp³-hybridized carbons (Fsp3) is 0.526. The Morgan fingerprint density at radius 2 is 2.00 bits per heavy atom. The average molecular weight is 313 g/mol. The van der Waals surface area contributed by atoms with Gasteiger partial charge in [0.25, 0.3) is 0 Å². The SMILES string of the molecule is CCOc1ccc(CCC2CCN(Cc3ncc[nH]3)CC2)cc1. The van der Waals surface area contributed by atoms with E-state index in [-0.39, 0.29) is 0 Å². The molecule has 2 aromatic rings. The molecule has 1 N–H and O–H groups in total. The lowest BCUT2D eigenvalue weighted by Gasteiger charge is -2.31. The van der Waals surface area contributed by atoms with E-state index in [1.54, 1.807) is 0 Å². The normalized spacial score (nSPS) is 16.6. The maximum atomic E-state index is 5.50. The predicted octanol–water partition coefficient (Wildman–Crippen LogP) is 3.65. The van der Waals surface area contributed by atoms with Gasteiger partial charge in [-0.3, -0.25) is 4.90 Å². The third kappa shape index (κ3) is 4.83. The number of nitrogens with one attached hydrogen (secondary N) is 1. The monoisotopic (exact) mass is 313 g/mol. The maximum Gasteiger partial charge on any atom is 0.120 e. The zero-order valence-corrected chi connectivity index (χ0v) is 14.0. The van der Waals surface area contributed by atoms with Crippen LogP contribution in [-0.4, -0.2) is 34.6 Å². The lowest BCUT2D eigenvalue weighted by molar-refractivity contribution is 0.169. The molecule has 1 aliphatic heterocycles. The standard InChI is InChI=1S/C19H27N3O/c1-2-23-18-7-5-16(6-8-18)3-4-17-9-13-22(14-10-17)15-19-20-11-12-21-19/h5-8,11-12,17H,2-4,9-10,13-15H2,1H3,(H,20,21). The number of piperidine rings is 1. The smallest absolute Gasteiger partial charge is 0.120 e. The van der Waals surface area contributed by atoms with Gasteiger partial charge in [-0.1, -0.05) is 12.1 Å². The molecule has 0 spiro atoms. The Labute approximate surface area is 138 Å². The number of rotatable bonds is 7. The van der Waals surface area contributed by atoms with Crippen LogP contribution in [0.1, 0.15) is 37.6 Å². The molecule has 4 heteroatoms. The van der Waals surface area contributed by atoms with Gasteiger partial charge < -0.3 is 9.72 Å². The Hall–Kier alpha value is -1.81. The van der Waals surface area contributed by atoms with Gasteiger partial charge in [0.1, 0.15) is 11.6 Å². The number of benzene rings is 1. The zero-order chi connectivity index (χ0) is 15.9. The quantitative estimate of drug-likeness (QED) is 0.848. The van der Waals surface area contributed by atoms with Crippen molar-refractivity contribution in [3.63, 3.8) is 0 Å². The van der Waals surface area contributed by atoms with E-state index < -0.39 is 0 Å². The van der Waals surface area contributed by atoms with Gasteiger partial charge in [0, 0.05) is 12.4 Å². The molecule has 0 radical (unpaired) electrons. The average Bonchev–Trinajstić information content (AvgIpc) is 3.09. The first-order valence-corrected chi connectivity index (χ1v) is 8.76. The van der Waals surface area contributed by atoms with Crippen LogP contribution >= 0.6 is 0 Å². The van der Waals surface area contributed by atoms with Gasteiger partial charge in [0.15, 0.2) is 0 Å². The number of ether oxygens (including phenoxy) is 1. The molecule has 0 aliphatic carbocycles. The van der Waals surface area contributed by atoms with Gasteiger partial charge in [-0.05, 0) is 69.3 Å². The van der Waals surface area contributed by atoms with Crippen molar-refractivity contribution in [2.24, 2.45) is 5.92 Å². The Balaban J connectivity index is 1.38. The molecule has 1 aromatic heterocycles. The van der Waals surface area contributed by atoms with Crippen LogP contribution in [0.4, 0.5) is 0 Å². The second-order valence-corrected chi connectivity index (χ2v) is 6.37. The second kappa shape index (κ2) is 8.16. The molecule has 1 aliphatic rings. The van der Waals surface area contributed by atoms with Gasteiger partial charge in [-0.15, -0.1) is 0 Å². The number of hydrogen-bond donors (Lipinski definition) is 1. The minimum absolute atomic E-state index is 0.732. The number of likely N-dealkylation sites (tertiary alicyclic amines) is 1. The predicted molar refractivity (Wildman–Crippen MR) is 92.5 cm³/mol. The topological polar surface area (TPSA) is 41.1 Å². The van der Waals surface area contributed by atoms with Crippen LogP contribution < -0.4 is 4.74 Å². The molecule has 3 rings (SSSR count). The molecule has 2 heterocycles. The fourth-order valence-corrected chi connectivity index (χ4v) is 3.32. The van der Waals surface area contributed by atoms with Crippen LogP contribution in [0, 0.1) is 5.92 Å². The Kier molecular flexibility index (Phi) is 5.70. The van der Waals surface area contributed by atoms with Gasteiger partial charge in [-0.2, -0.15) is 0 Å². The highest BCUT2D eigenvalue weighted by molar-refractivity contribution is 5.27. The molecular formula is C19H27N3O. The Bertz CT molecular complexity index is 557. The van der Waals surface area contributed by atoms with Gasteiger partial charge in [-0.25, -0.2) is 4.98 Å². The highest BCUT2D eigenvalue weighted by Crippen LogP contribution is 2.23. The van der Waals surface area contributed by atoms with Crippen molar-refractivity contribution >= 4 is 0 Å². The van der Waals surface area contributed by atoms with Crippen molar-refractivity contribution in [1.29, 1.82) is 0 Å². The molecular weight excluding hydrogens is 286 g/mol. The Morgan fingerprint density at radius 1 is 1.22 bits per heavy atom. The largest absolute Gasteiger partial charge is 0.494 e. The molecule has 0 amide bonds. The van der Waals surface area contributed by atoms with E-state index in [1.807, 2.05) is 19.3 Å². The van der Waals surface area contributed by atoms with Gasteiger partial charge in [0.2, 0.25) is 0 Å². The number of aryl methyl sites for hydroxylation is 1. The number of hydrogen-bond acceptors (Lipinski definition) is 3. The molecule has 0 saturated carbocycles. The van der Waals surface area contributed by atoms with Gasteiger partial charge >= 0.3 is 0 Å². The number of H-pyrrole nitrogens is 1. The number of nitrogens with zero attached hydrogens (tertiary/aromatic N) is 2. The fourth-order valence-electron chi connectivity index (χ4n) is 3.32. The third-order valence-corrected chi connectivity index (χ3v) is 4.71. The van der Waals surface area contributed by atoms with Crippen molar-refractivity contribution in [2.45, 2.75) is 39.2 Å². The first-order valence-electron chi connectivity index (χ1n) is 8.76. The first kappa shape index (κ1) is 16.1. The molecule has 0 bridgehead atoms. The van der Waals surface area contributed by atoms with E-state index in [0.29, 0.717) is 0 Å². The zero-order valence-electron chi connectivity index (χ0n) is 14.0. The molecule has 1 aromatic carbocycles. The summed E-state index contributed by atoms with van der Waals surface area (Å²) in [6.45, 7) is 6.09. The molecule has 0 unspecified atom stereocenters. The van der Waals surface area contributed by atoms with Crippen LogP contribution in [0.5, 0.6) is 5.75 Å². The summed E-state index contributed by atoms with van der Waals surface area (Å²) >= 11 is 0. The van der Waals surface area contributed by atoms with E-state index in [4.69, 9.17) is 4.74 Å². The van der Waals surface area contributed by atoms with Crippen molar-refractivity contribution in [3.8, 4) is 5.75 Å². The van der Waals surface area contributed by atoms with Crippen LogP contribution in [-0.2, 0) is 13.0 Å². The summed E-state index contributed by atoms with van der Waals surface area (Å²) < 4.78 is 5.50. The lowest BCUT2D eigenvalue weighted by atomic mass is 9.90.